The quantitative estimate of drug-likeness (QED) is 0.560. The van der Waals surface area contributed by atoms with Crippen molar-refractivity contribution in [3.05, 3.63) is 5.82 Å². The van der Waals surface area contributed by atoms with Crippen molar-refractivity contribution in [2.45, 2.75) is 55.3 Å². The van der Waals surface area contributed by atoms with Gasteiger partial charge in [0.2, 0.25) is 0 Å². The van der Waals surface area contributed by atoms with Crippen LogP contribution in [-0.4, -0.2) is 52.5 Å². The molecule has 0 bridgehead atoms. The van der Waals surface area contributed by atoms with Gasteiger partial charge in [-0.05, 0) is 32.1 Å². The highest BCUT2D eigenvalue weighted by Crippen LogP contribution is 2.45. The molecule has 7 nitrogen and oxygen atoms in total. The summed E-state index contributed by atoms with van der Waals surface area (Å²) in [5, 5.41) is 9.32. The predicted octanol–water partition coefficient (Wildman–Crippen LogP) is 1.31. The van der Waals surface area contributed by atoms with Crippen LogP contribution in [0.25, 0.3) is 0 Å². The summed E-state index contributed by atoms with van der Waals surface area (Å²) in [6.45, 7) is 0. The van der Waals surface area contributed by atoms with Crippen molar-refractivity contribution in [1.29, 1.82) is 0 Å². The molecule has 4 rings (SSSR count). The highest BCUT2D eigenvalue weighted by atomic mass is 32.2. The Kier molecular flexibility index (Phi) is 3.87. The number of esters is 1. The number of sulfone groups is 1. The number of ether oxygens (including phenoxy) is 1. The van der Waals surface area contributed by atoms with Crippen molar-refractivity contribution >= 4 is 27.6 Å². The fourth-order valence-electron chi connectivity index (χ4n) is 2.88. The van der Waals surface area contributed by atoms with Crippen LogP contribution in [0, 0.1) is 0 Å². The van der Waals surface area contributed by atoms with Gasteiger partial charge in [-0.25, -0.2) is 8.42 Å². The molecule has 2 heterocycles. The minimum Gasteiger partial charge on any atom is -0.461 e. The van der Waals surface area contributed by atoms with Gasteiger partial charge in [-0.2, -0.15) is 0 Å². The predicted molar refractivity (Wildman–Crippen MR) is 84.1 cm³/mol. The first-order valence-electron chi connectivity index (χ1n) is 7.99. The highest BCUT2D eigenvalue weighted by Gasteiger charge is 2.36. The summed E-state index contributed by atoms with van der Waals surface area (Å²) < 4.78 is 30.2. The number of aromatic nitrogens is 3. The van der Waals surface area contributed by atoms with Crippen molar-refractivity contribution in [3.8, 4) is 0 Å². The number of thioether (sulfide) groups is 1. The fourth-order valence-corrected chi connectivity index (χ4v) is 5.26. The van der Waals surface area contributed by atoms with Gasteiger partial charge in [0.1, 0.15) is 11.9 Å². The van der Waals surface area contributed by atoms with E-state index < -0.39 is 15.9 Å². The monoisotopic (exact) mass is 357 g/mol. The van der Waals surface area contributed by atoms with E-state index in [2.05, 4.69) is 14.8 Å². The molecule has 1 saturated heterocycles. The second-order valence-corrected chi connectivity index (χ2v) is 9.69. The first-order valence-corrected chi connectivity index (χ1v) is 10.8. The molecule has 9 heteroatoms. The van der Waals surface area contributed by atoms with E-state index in [1.807, 2.05) is 0 Å². The standard InChI is InChI=1S/C14H19N3O4S2/c18-12(21-11-5-6-23(19,20)8-11)7-22-14-16-15-13(9-1-2-9)17(14)10-3-4-10/h9-11H,1-8H2/t11-/m0/s1. The Morgan fingerprint density at radius 1 is 1.22 bits per heavy atom. The Morgan fingerprint density at radius 2 is 2.00 bits per heavy atom. The Hall–Kier alpha value is -1.09. The number of rotatable bonds is 6. The minimum atomic E-state index is -3.03. The average molecular weight is 357 g/mol. The lowest BCUT2D eigenvalue weighted by atomic mass is 10.3. The lowest BCUT2D eigenvalue weighted by Gasteiger charge is -2.10. The zero-order valence-corrected chi connectivity index (χ0v) is 14.3. The molecule has 0 N–H and O–H groups in total. The van der Waals surface area contributed by atoms with E-state index in [4.69, 9.17) is 4.74 Å². The zero-order chi connectivity index (χ0) is 16.0. The Bertz CT molecular complexity index is 722. The molecule has 3 aliphatic rings. The zero-order valence-electron chi connectivity index (χ0n) is 12.7. The normalized spacial score (nSPS) is 26.3. The van der Waals surface area contributed by atoms with E-state index >= 15 is 0 Å². The number of nitrogens with zero attached hydrogens (tertiary/aromatic N) is 3. The molecule has 0 amide bonds. The van der Waals surface area contributed by atoms with E-state index in [1.165, 1.54) is 24.6 Å². The van der Waals surface area contributed by atoms with E-state index in [1.54, 1.807) is 0 Å². The van der Waals surface area contributed by atoms with E-state index in [9.17, 15) is 13.2 Å². The lowest BCUT2D eigenvalue weighted by Crippen LogP contribution is -2.20. The second kappa shape index (κ2) is 5.77. The summed E-state index contributed by atoms with van der Waals surface area (Å²) in [7, 11) is -3.03. The summed E-state index contributed by atoms with van der Waals surface area (Å²) in [6, 6.07) is 0.485. The van der Waals surface area contributed by atoms with Crippen molar-refractivity contribution in [1.82, 2.24) is 14.8 Å². The number of carbonyl (C=O) groups is 1. The Balaban J connectivity index is 1.35. The highest BCUT2D eigenvalue weighted by molar-refractivity contribution is 7.99. The summed E-state index contributed by atoms with van der Waals surface area (Å²) in [4.78, 5) is 11.9. The maximum absolute atomic E-state index is 11.9. The summed E-state index contributed by atoms with van der Waals surface area (Å²) >= 11 is 1.34. The van der Waals surface area contributed by atoms with Gasteiger partial charge in [-0.3, -0.25) is 4.79 Å². The van der Waals surface area contributed by atoms with Gasteiger partial charge in [-0.1, -0.05) is 11.8 Å². The van der Waals surface area contributed by atoms with Crippen molar-refractivity contribution in [2.75, 3.05) is 17.3 Å². The molecule has 0 unspecified atom stereocenters. The average Bonchev–Trinajstić information content (AvgIpc) is 3.41. The summed E-state index contributed by atoms with van der Waals surface area (Å²) in [5.74, 6) is 1.42. The third kappa shape index (κ3) is 3.55. The molecule has 2 aliphatic carbocycles. The summed E-state index contributed by atoms with van der Waals surface area (Å²) in [5.41, 5.74) is 0. The van der Waals surface area contributed by atoms with Crippen molar-refractivity contribution in [2.24, 2.45) is 0 Å². The maximum Gasteiger partial charge on any atom is 0.316 e. The van der Waals surface area contributed by atoms with E-state index in [0.29, 0.717) is 18.4 Å². The number of hydrogen-bond acceptors (Lipinski definition) is 7. The van der Waals surface area contributed by atoms with E-state index in [0.717, 1.165) is 23.8 Å². The number of hydrogen-bond donors (Lipinski definition) is 0. The summed E-state index contributed by atoms with van der Waals surface area (Å²) in [6.07, 6.45) is 4.56. The lowest BCUT2D eigenvalue weighted by molar-refractivity contribution is -0.144. The van der Waals surface area contributed by atoms with Crippen LogP contribution < -0.4 is 0 Å². The Morgan fingerprint density at radius 3 is 2.61 bits per heavy atom. The van der Waals surface area contributed by atoms with Crippen LogP contribution in [0.2, 0.25) is 0 Å². The van der Waals surface area contributed by atoms with Gasteiger partial charge in [-0.15, -0.1) is 10.2 Å². The van der Waals surface area contributed by atoms with Crippen LogP contribution in [0.15, 0.2) is 5.16 Å². The smallest absolute Gasteiger partial charge is 0.316 e. The first-order chi connectivity index (χ1) is 11.0. The van der Waals surface area contributed by atoms with Crippen molar-refractivity contribution < 1.29 is 17.9 Å². The Labute approximate surface area is 139 Å². The first kappa shape index (κ1) is 15.4. The molecule has 1 aromatic heterocycles. The minimum absolute atomic E-state index is 0.0481. The maximum atomic E-state index is 11.9. The molecule has 23 heavy (non-hydrogen) atoms. The molecular formula is C14H19N3O4S2. The topological polar surface area (TPSA) is 91.2 Å². The van der Waals surface area contributed by atoms with Crippen LogP contribution in [0.5, 0.6) is 0 Å². The van der Waals surface area contributed by atoms with Gasteiger partial charge >= 0.3 is 5.97 Å². The molecule has 0 aromatic carbocycles. The van der Waals surface area contributed by atoms with Crippen LogP contribution in [0.4, 0.5) is 0 Å². The molecular weight excluding hydrogens is 338 g/mol. The molecule has 1 aliphatic heterocycles. The fraction of sp³-hybridized carbons (Fsp3) is 0.786. The molecule has 0 spiro atoms. The van der Waals surface area contributed by atoms with Gasteiger partial charge in [0.05, 0.1) is 17.3 Å². The SMILES string of the molecule is O=C(CSc1nnc(C2CC2)n1C1CC1)O[C@H]1CCS(=O)(=O)C1. The van der Waals surface area contributed by atoms with E-state index in [-0.39, 0.29) is 23.2 Å². The van der Waals surface area contributed by atoms with Gasteiger partial charge in [0.25, 0.3) is 0 Å². The van der Waals surface area contributed by atoms with Gasteiger partial charge < -0.3 is 9.30 Å². The molecule has 1 aromatic rings. The van der Waals surface area contributed by atoms with Crippen molar-refractivity contribution in [3.63, 3.8) is 0 Å². The molecule has 3 fully saturated rings. The number of carbonyl (C=O) groups excluding carboxylic acids is 1. The molecule has 1 atom stereocenters. The molecule has 0 radical (unpaired) electrons. The largest absolute Gasteiger partial charge is 0.461 e. The van der Waals surface area contributed by atoms with Crippen LogP contribution >= 0.6 is 11.8 Å². The molecule has 126 valence electrons. The third-order valence-electron chi connectivity index (χ3n) is 4.35. The van der Waals surface area contributed by atoms with Gasteiger partial charge in [0, 0.05) is 12.0 Å². The third-order valence-corrected chi connectivity index (χ3v) is 7.01. The van der Waals surface area contributed by atoms with Crippen LogP contribution in [-0.2, 0) is 19.4 Å². The van der Waals surface area contributed by atoms with Crippen LogP contribution in [0.3, 0.4) is 0 Å². The van der Waals surface area contributed by atoms with Gasteiger partial charge in [0.15, 0.2) is 15.0 Å². The van der Waals surface area contributed by atoms with Crippen LogP contribution in [0.1, 0.15) is 49.9 Å². The second-order valence-electron chi connectivity index (χ2n) is 6.52. The molecule has 2 saturated carbocycles.